The highest BCUT2D eigenvalue weighted by Gasteiger charge is 2.46. The SMILES string of the molecule is CC[C@H]1CCN(Cc2ccccc2NS(=O)(=O)C(F)(F)F)C(=O)/C1=N/OC. The van der Waals surface area contributed by atoms with Gasteiger partial charge in [-0.2, -0.15) is 21.6 Å². The highest BCUT2D eigenvalue weighted by atomic mass is 32.2. The number of piperidine rings is 1. The number of carbonyl (C=O) groups is 1. The van der Waals surface area contributed by atoms with E-state index in [-0.39, 0.29) is 35.3 Å². The molecule has 1 saturated heterocycles. The molecule has 0 aliphatic carbocycles. The van der Waals surface area contributed by atoms with Gasteiger partial charge in [0, 0.05) is 19.0 Å². The van der Waals surface area contributed by atoms with Crippen LogP contribution in [0.3, 0.4) is 0 Å². The van der Waals surface area contributed by atoms with Crippen LogP contribution in [0.15, 0.2) is 29.4 Å². The Morgan fingerprint density at radius 3 is 2.59 bits per heavy atom. The topological polar surface area (TPSA) is 88.1 Å². The minimum Gasteiger partial charge on any atom is -0.399 e. The van der Waals surface area contributed by atoms with E-state index < -0.39 is 15.5 Å². The van der Waals surface area contributed by atoms with Crippen LogP contribution in [0.1, 0.15) is 25.3 Å². The van der Waals surface area contributed by atoms with Gasteiger partial charge in [0.2, 0.25) is 0 Å². The van der Waals surface area contributed by atoms with Gasteiger partial charge in [-0.3, -0.25) is 9.52 Å². The number of halogens is 3. The maximum atomic E-state index is 12.6. The van der Waals surface area contributed by atoms with Crippen LogP contribution in [-0.4, -0.2) is 44.1 Å². The number of amides is 1. The smallest absolute Gasteiger partial charge is 0.399 e. The van der Waals surface area contributed by atoms with Crippen molar-refractivity contribution in [1.29, 1.82) is 0 Å². The third-order valence-electron chi connectivity index (χ3n) is 4.25. The average molecular weight is 407 g/mol. The summed E-state index contributed by atoms with van der Waals surface area (Å²) in [6.45, 7) is 2.23. The number of nitrogens with zero attached hydrogens (tertiary/aromatic N) is 2. The molecule has 1 fully saturated rings. The molecule has 1 amide bonds. The van der Waals surface area contributed by atoms with Gasteiger partial charge in [0.1, 0.15) is 12.8 Å². The number of anilines is 1. The minimum absolute atomic E-state index is 0.0610. The normalized spacial score (nSPS) is 20.0. The second-order valence-corrected chi connectivity index (χ2v) is 7.66. The van der Waals surface area contributed by atoms with Crippen LogP contribution in [0, 0.1) is 5.92 Å². The number of carbonyl (C=O) groups excluding carboxylic acids is 1. The van der Waals surface area contributed by atoms with Crippen LogP contribution in [-0.2, 0) is 26.2 Å². The van der Waals surface area contributed by atoms with Crippen molar-refractivity contribution >= 4 is 27.3 Å². The predicted octanol–water partition coefficient (Wildman–Crippen LogP) is 2.71. The second-order valence-electron chi connectivity index (χ2n) is 5.99. The number of rotatable bonds is 6. The summed E-state index contributed by atoms with van der Waals surface area (Å²) >= 11 is 0. The zero-order chi connectivity index (χ0) is 20.2. The van der Waals surface area contributed by atoms with Crippen LogP contribution in [0.2, 0.25) is 0 Å². The van der Waals surface area contributed by atoms with Crippen molar-refractivity contribution in [2.75, 3.05) is 18.4 Å². The van der Waals surface area contributed by atoms with Crippen molar-refractivity contribution < 1.29 is 31.2 Å². The van der Waals surface area contributed by atoms with Crippen molar-refractivity contribution in [3.8, 4) is 0 Å². The van der Waals surface area contributed by atoms with Gasteiger partial charge in [-0.15, -0.1) is 0 Å². The van der Waals surface area contributed by atoms with Gasteiger partial charge in [-0.05, 0) is 24.5 Å². The minimum atomic E-state index is -5.56. The van der Waals surface area contributed by atoms with Gasteiger partial charge in [0.15, 0.2) is 0 Å². The monoisotopic (exact) mass is 407 g/mol. The van der Waals surface area contributed by atoms with E-state index in [1.807, 2.05) is 6.92 Å². The number of sulfonamides is 1. The van der Waals surface area contributed by atoms with Crippen LogP contribution in [0.5, 0.6) is 0 Å². The van der Waals surface area contributed by atoms with Crippen molar-refractivity contribution in [2.24, 2.45) is 11.1 Å². The number of nitrogens with one attached hydrogen (secondary N) is 1. The summed E-state index contributed by atoms with van der Waals surface area (Å²) in [6.07, 6.45) is 1.32. The Labute approximate surface area is 155 Å². The first-order valence-electron chi connectivity index (χ1n) is 8.18. The molecule has 0 bridgehead atoms. The van der Waals surface area contributed by atoms with E-state index >= 15 is 0 Å². The van der Waals surface area contributed by atoms with Gasteiger partial charge in [-0.25, -0.2) is 0 Å². The molecule has 1 aliphatic rings. The van der Waals surface area contributed by atoms with Crippen molar-refractivity contribution in [1.82, 2.24) is 4.90 Å². The van der Waals surface area contributed by atoms with E-state index in [1.165, 1.54) is 30.2 Å². The Kier molecular flexibility index (Phi) is 6.34. The Morgan fingerprint density at radius 1 is 1.33 bits per heavy atom. The molecule has 0 radical (unpaired) electrons. The Balaban J connectivity index is 2.26. The molecule has 0 saturated carbocycles. The maximum Gasteiger partial charge on any atom is 0.516 e. The van der Waals surface area contributed by atoms with E-state index in [9.17, 15) is 26.4 Å². The Bertz CT molecular complexity index is 824. The quantitative estimate of drug-likeness (QED) is 0.735. The van der Waals surface area contributed by atoms with Crippen LogP contribution < -0.4 is 4.72 Å². The zero-order valence-corrected chi connectivity index (χ0v) is 15.6. The first-order valence-corrected chi connectivity index (χ1v) is 9.66. The largest absolute Gasteiger partial charge is 0.516 e. The molecule has 150 valence electrons. The Morgan fingerprint density at radius 2 is 2.00 bits per heavy atom. The van der Waals surface area contributed by atoms with Gasteiger partial charge >= 0.3 is 15.5 Å². The molecule has 0 spiro atoms. The molecule has 0 aromatic heterocycles. The average Bonchev–Trinajstić information content (AvgIpc) is 2.59. The molecule has 1 aliphatic heterocycles. The van der Waals surface area contributed by atoms with Gasteiger partial charge in [0.25, 0.3) is 5.91 Å². The van der Waals surface area contributed by atoms with Crippen LogP contribution in [0.4, 0.5) is 18.9 Å². The third-order valence-corrected chi connectivity index (χ3v) is 5.35. The summed E-state index contributed by atoms with van der Waals surface area (Å²) in [5.41, 5.74) is -5.18. The summed E-state index contributed by atoms with van der Waals surface area (Å²) in [4.78, 5) is 18.8. The number of benzene rings is 1. The van der Waals surface area contributed by atoms with E-state index in [1.54, 1.807) is 10.8 Å². The standard InChI is InChI=1S/C16H20F3N3O4S/c1-3-11-8-9-22(15(23)14(11)20-26-2)10-12-6-4-5-7-13(12)21-27(24,25)16(17,18)19/h4-7,11,21H,3,8-10H2,1-2H3/b20-14+/t11-/m0/s1. The lowest BCUT2D eigenvalue weighted by atomic mass is 9.91. The van der Waals surface area contributed by atoms with E-state index in [4.69, 9.17) is 4.84 Å². The van der Waals surface area contributed by atoms with Crippen LogP contribution >= 0.6 is 0 Å². The van der Waals surface area contributed by atoms with Gasteiger partial charge in [-0.1, -0.05) is 30.3 Å². The third kappa shape index (κ3) is 4.71. The van der Waals surface area contributed by atoms with Gasteiger partial charge < -0.3 is 9.74 Å². The summed E-state index contributed by atoms with van der Waals surface area (Å²) in [5.74, 6) is -0.448. The summed E-state index contributed by atoms with van der Waals surface area (Å²) in [7, 11) is -4.23. The molecule has 1 aromatic carbocycles. The van der Waals surface area contributed by atoms with Crippen molar-refractivity contribution in [3.05, 3.63) is 29.8 Å². The maximum absolute atomic E-state index is 12.6. The number of likely N-dealkylation sites (tertiary alicyclic amines) is 1. The zero-order valence-electron chi connectivity index (χ0n) is 14.8. The second kappa shape index (κ2) is 8.15. The molecule has 7 nitrogen and oxygen atoms in total. The van der Waals surface area contributed by atoms with Gasteiger partial charge in [0.05, 0.1) is 5.69 Å². The predicted molar refractivity (Wildman–Crippen MR) is 93.3 cm³/mol. The summed E-state index contributed by atoms with van der Waals surface area (Å²) in [5, 5.41) is 3.79. The number of hydrogen-bond acceptors (Lipinski definition) is 5. The first kappa shape index (κ1) is 21.0. The van der Waals surface area contributed by atoms with E-state index in [0.717, 1.165) is 0 Å². The molecular formula is C16H20F3N3O4S. The molecule has 27 heavy (non-hydrogen) atoms. The fourth-order valence-electron chi connectivity index (χ4n) is 2.81. The molecule has 0 unspecified atom stereocenters. The molecule has 1 N–H and O–H groups in total. The highest BCUT2D eigenvalue weighted by Crippen LogP contribution is 2.28. The van der Waals surface area contributed by atoms with E-state index in [0.29, 0.717) is 19.4 Å². The molecule has 11 heteroatoms. The van der Waals surface area contributed by atoms with E-state index in [2.05, 4.69) is 5.16 Å². The molecule has 1 aromatic rings. The Hall–Kier alpha value is -2.30. The molecule has 2 rings (SSSR count). The van der Waals surface area contributed by atoms with Crippen LogP contribution in [0.25, 0.3) is 0 Å². The lowest BCUT2D eigenvalue weighted by molar-refractivity contribution is -0.126. The van der Waals surface area contributed by atoms with Crippen molar-refractivity contribution in [2.45, 2.75) is 31.8 Å². The molecular weight excluding hydrogens is 387 g/mol. The summed E-state index contributed by atoms with van der Waals surface area (Å²) < 4.78 is 62.3. The number of hydrogen-bond donors (Lipinski definition) is 1. The lowest BCUT2D eigenvalue weighted by Gasteiger charge is -2.32. The van der Waals surface area contributed by atoms with Crippen molar-refractivity contribution in [3.63, 3.8) is 0 Å². The fraction of sp³-hybridized carbons (Fsp3) is 0.500. The molecule has 1 atom stereocenters. The number of alkyl halides is 3. The fourth-order valence-corrected chi connectivity index (χ4v) is 3.42. The first-order chi connectivity index (χ1) is 12.6. The summed E-state index contributed by atoms with van der Waals surface area (Å²) in [6, 6.07) is 5.63. The number of oxime groups is 1. The number of para-hydroxylation sites is 1. The molecule has 1 heterocycles. The highest BCUT2D eigenvalue weighted by molar-refractivity contribution is 7.93. The lowest BCUT2D eigenvalue weighted by Crippen LogP contribution is -2.45.